The summed E-state index contributed by atoms with van der Waals surface area (Å²) < 4.78 is 28.4. The summed E-state index contributed by atoms with van der Waals surface area (Å²) in [6.07, 6.45) is 2.06. The maximum Gasteiger partial charge on any atom is 0.197 e. The van der Waals surface area contributed by atoms with Gasteiger partial charge in [0.05, 0.1) is 24.4 Å². The molecule has 2 rings (SSSR count). The van der Waals surface area contributed by atoms with Crippen LogP contribution in [0, 0.1) is 5.82 Å². The summed E-state index contributed by atoms with van der Waals surface area (Å²) in [6.45, 7) is 5.81. The predicted molar refractivity (Wildman–Crippen MR) is 109 cm³/mol. The number of nitrogens with zero attached hydrogens (tertiary/aromatic N) is 1. The Hall–Kier alpha value is -2.94. The molecule has 1 aromatic carbocycles. The Balaban J connectivity index is 2.82. The van der Waals surface area contributed by atoms with E-state index in [1.165, 1.54) is 17.2 Å². The maximum atomic E-state index is 14.6. The van der Waals surface area contributed by atoms with Gasteiger partial charge in [-0.05, 0) is 18.2 Å². The molecule has 1 aliphatic rings. The molecule has 0 unspecified atom stereocenters. The third-order valence-electron chi connectivity index (χ3n) is 4.24. The molecule has 6 N–H and O–H groups in total. The van der Waals surface area contributed by atoms with Crippen LogP contribution in [0.15, 0.2) is 70.9 Å². The Morgan fingerprint density at radius 1 is 1.34 bits per heavy atom. The van der Waals surface area contributed by atoms with Crippen LogP contribution in [0.3, 0.4) is 0 Å². The zero-order valence-corrected chi connectivity index (χ0v) is 16.1. The van der Waals surface area contributed by atoms with Gasteiger partial charge in [0.25, 0.3) is 0 Å². The molecule has 29 heavy (non-hydrogen) atoms. The number of anilines is 2. The van der Waals surface area contributed by atoms with Gasteiger partial charge >= 0.3 is 0 Å². The molecule has 0 atom stereocenters. The lowest BCUT2D eigenvalue weighted by molar-refractivity contribution is -0.112. The zero-order valence-electron chi connectivity index (χ0n) is 15.4. The second-order valence-corrected chi connectivity index (χ2v) is 6.67. The van der Waals surface area contributed by atoms with Crippen molar-refractivity contribution in [3.63, 3.8) is 0 Å². The van der Waals surface area contributed by atoms with Crippen molar-refractivity contribution in [3.05, 3.63) is 82.3 Å². The van der Waals surface area contributed by atoms with Crippen molar-refractivity contribution in [2.45, 2.75) is 6.61 Å². The number of nitrogens with two attached hydrogens (primary N) is 2. The van der Waals surface area contributed by atoms with E-state index in [0.717, 1.165) is 12.1 Å². The number of Topliss-reactive ketones (excluding diaryl/α,β-unsaturated/α-hetero) is 1. The molecule has 0 bridgehead atoms. The predicted octanol–water partition coefficient (Wildman–Crippen LogP) is 3.11. The Morgan fingerprint density at radius 2 is 2.00 bits per heavy atom. The van der Waals surface area contributed by atoms with Crippen molar-refractivity contribution in [2.75, 3.05) is 23.7 Å². The van der Waals surface area contributed by atoms with E-state index >= 15 is 0 Å². The van der Waals surface area contributed by atoms with Gasteiger partial charge in [-0.25, -0.2) is 8.78 Å². The smallest absolute Gasteiger partial charge is 0.197 e. The third-order valence-corrected chi connectivity index (χ3v) is 4.59. The summed E-state index contributed by atoms with van der Waals surface area (Å²) >= 11 is 6.28. The lowest BCUT2D eigenvalue weighted by atomic mass is 10.0. The van der Waals surface area contributed by atoms with Crippen LogP contribution < -0.4 is 16.4 Å². The molecule has 6 nitrogen and oxygen atoms in total. The van der Waals surface area contributed by atoms with E-state index in [9.17, 15) is 23.8 Å². The van der Waals surface area contributed by atoms with E-state index in [2.05, 4.69) is 13.2 Å². The number of nitrogen functional groups attached to an aromatic ring is 1. The Labute approximate surface area is 171 Å². The molecule has 0 saturated carbocycles. The number of hydrogen-bond donors (Lipinski definition) is 4. The van der Waals surface area contributed by atoms with E-state index in [1.807, 2.05) is 0 Å². The fourth-order valence-corrected chi connectivity index (χ4v) is 2.99. The number of aliphatic hydroxyl groups is 2. The van der Waals surface area contributed by atoms with E-state index in [0.29, 0.717) is 0 Å². The van der Waals surface area contributed by atoms with E-state index in [4.69, 9.17) is 23.1 Å². The Kier molecular flexibility index (Phi) is 6.97. The molecular weight excluding hydrogens is 404 g/mol. The highest BCUT2D eigenvalue weighted by molar-refractivity contribution is 6.30. The first-order chi connectivity index (χ1) is 13.6. The molecule has 0 saturated heterocycles. The minimum atomic E-state index is -0.860. The lowest BCUT2D eigenvalue weighted by Crippen LogP contribution is -2.25. The summed E-state index contributed by atoms with van der Waals surface area (Å²) in [7, 11) is 0. The van der Waals surface area contributed by atoms with Crippen LogP contribution in [0.25, 0.3) is 0 Å². The maximum absolute atomic E-state index is 14.6. The van der Waals surface area contributed by atoms with Gasteiger partial charge in [0.1, 0.15) is 17.4 Å². The number of carbonyl (C=O) groups excluding carboxylic acids is 1. The molecule has 1 aliphatic heterocycles. The summed E-state index contributed by atoms with van der Waals surface area (Å²) in [5, 5.41) is 19.5. The number of benzene rings is 1. The fourth-order valence-electron chi connectivity index (χ4n) is 2.69. The minimum Gasteiger partial charge on any atom is -0.508 e. The number of rotatable bonds is 4. The minimum absolute atomic E-state index is 0.0191. The SMILES string of the molecule is C=C1/C=C(F)\C(CN)=C(\Cl)CN(c2cc(N)c(F)cc2CO)/C=C(/C(=C)O)C1=O. The van der Waals surface area contributed by atoms with Crippen LogP contribution in [0.1, 0.15) is 5.56 Å². The van der Waals surface area contributed by atoms with Crippen molar-refractivity contribution < 1.29 is 23.8 Å². The largest absolute Gasteiger partial charge is 0.508 e. The van der Waals surface area contributed by atoms with E-state index in [1.54, 1.807) is 0 Å². The van der Waals surface area contributed by atoms with Gasteiger partial charge in [0, 0.05) is 40.2 Å². The molecule has 0 aliphatic carbocycles. The highest BCUT2D eigenvalue weighted by Crippen LogP contribution is 2.31. The van der Waals surface area contributed by atoms with Crippen LogP contribution in [0.5, 0.6) is 0 Å². The monoisotopic (exact) mass is 423 g/mol. The summed E-state index contributed by atoms with van der Waals surface area (Å²) in [5.41, 5.74) is 10.7. The van der Waals surface area contributed by atoms with Gasteiger partial charge < -0.3 is 26.6 Å². The molecular formula is C20H20ClF2N3O3. The first-order valence-corrected chi connectivity index (χ1v) is 8.72. The lowest BCUT2D eigenvalue weighted by Gasteiger charge is -2.26. The van der Waals surface area contributed by atoms with Crippen LogP contribution in [0.4, 0.5) is 20.2 Å². The molecule has 0 fully saturated rings. The Morgan fingerprint density at radius 3 is 2.55 bits per heavy atom. The van der Waals surface area contributed by atoms with Crippen molar-refractivity contribution >= 4 is 28.8 Å². The number of allylic oxidation sites excluding steroid dienone is 3. The quantitative estimate of drug-likeness (QED) is 0.336. The van der Waals surface area contributed by atoms with Crippen LogP contribution in [0.2, 0.25) is 0 Å². The number of aliphatic hydroxyl groups excluding tert-OH is 2. The van der Waals surface area contributed by atoms with Crippen molar-refractivity contribution in [1.29, 1.82) is 0 Å². The first kappa shape index (κ1) is 22.4. The number of ketones is 1. The van der Waals surface area contributed by atoms with Gasteiger partial charge in [-0.2, -0.15) is 0 Å². The molecule has 0 spiro atoms. The molecule has 1 heterocycles. The van der Waals surface area contributed by atoms with Gasteiger partial charge in [0.2, 0.25) is 0 Å². The van der Waals surface area contributed by atoms with Crippen LogP contribution >= 0.6 is 11.6 Å². The number of halogens is 3. The van der Waals surface area contributed by atoms with E-state index in [-0.39, 0.29) is 51.8 Å². The molecule has 0 radical (unpaired) electrons. The fraction of sp³-hybridized carbons (Fsp3) is 0.150. The molecule has 9 heteroatoms. The highest BCUT2D eigenvalue weighted by atomic mass is 35.5. The summed E-state index contributed by atoms with van der Waals surface area (Å²) in [5.74, 6) is -3.01. The summed E-state index contributed by atoms with van der Waals surface area (Å²) in [4.78, 5) is 13.9. The van der Waals surface area contributed by atoms with Crippen LogP contribution in [-0.4, -0.2) is 29.1 Å². The summed E-state index contributed by atoms with van der Waals surface area (Å²) in [6, 6.07) is 2.24. The number of carbonyl (C=O) groups is 1. The third kappa shape index (κ3) is 4.73. The zero-order chi connectivity index (χ0) is 21.9. The Bertz CT molecular complexity index is 983. The van der Waals surface area contributed by atoms with E-state index < -0.39 is 29.8 Å². The second kappa shape index (κ2) is 9.04. The standard InChI is InChI=1S/C20H20ClF2N3O3/c1-10-3-16(22)13(6-24)15(21)8-26(7-14(11(2)28)20(10)29)19-5-18(25)17(23)4-12(19)9-27/h3-5,7,27-28H,1-2,6,8-9,24-25H2/b14-7-,15-13+,16-3+. The molecule has 0 aromatic heterocycles. The second-order valence-electron chi connectivity index (χ2n) is 6.21. The van der Waals surface area contributed by atoms with Gasteiger partial charge in [0.15, 0.2) is 5.78 Å². The normalized spacial score (nSPS) is 22.0. The number of hydrogen-bond acceptors (Lipinski definition) is 6. The van der Waals surface area contributed by atoms with Crippen molar-refractivity contribution in [3.8, 4) is 0 Å². The van der Waals surface area contributed by atoms with Crippen molar-refractivity contribution in [2.24, 2.45) is 5.73 Å². The molecule has 0 amide bonds. The molecule has 154 valence electrons. The highest BCUT2D eigenvalue weighted by Gasteiger charge is 2.23. The van der Waals surface area contributed by atoms with Crippen molar-refractivity contribution in [1.82, 2.24) is 0 Å². The first-order valence-electron chi connectivity index (χ1n) is 8.34. The topological polar surface area (TPSA) is 113 Å². The average molecular weight is 424 g/mol. The van der Waals surface area contributed by atoms with Crippen LogP contribution in [-0.2, 0) is 11.4 Å². The van der Waals surface area contributed by atoms with Gasteiger partial charge in [-0.1, -0.05) is 24.8 Å². The van der Waals surface area contributed by atoms with Gasteiger partial charge in [-0.15, -0.1) is 0 Å². The average Bonchev–Trinajstić information content (AvgIpc) is 2.65. The molecule has 1 aromatic rings. The van der Waals surface area contributed by atoms with Gasteiger partial charge in [-0.3, -0.25) is 4.79 Å².